The molecule has 0 aromatic carbocycles. The first kappa shape index (κ1) is 13.8. The van der Waals surface area contributed by atoms with Crippen molar-refractivity contribution in [3.05, 3.63) is 33.2 Å². The molecular formula is C14H19NO4. The van der Waals surface area contributed by atoms with Gasteiger partial charge in [0.05, 0.1) is 17.2 Å². The number of hydrogen-bond donors (Lipinski definition) is 1. The average molecular weight is 265 g/mol. The molecule has 0 spiro atoms. The number of aromatic carboxylic acids is 1. The maximum absolute atomic E-state index is 12.3. The lowest BCUT2D eigenvalue weighted by atomic mass is 9.92. The van der Waals surface area contributed by atoms with Gasteiger partial charge in [0.15, 0.2) is 0 Å². The van der Waals surface area contributed by atoms with Gasteiger partial charge in [-0.05, 0) is 39.7 Å². The second-order valence-electron chi connectivity index (χ2n) is 5.39. The molecule has 1 N–H and O–H groups in total. The van der Waals surface area contributed by atoms with Crippen molar-refractivity contribution in [1.29, 1.82) is 0 Å². The largest absolute Gasteiger partial charge is 0.478 e. The third kappa shape index (κ3) is 1.98. The van der Waals surface area contributed by atoms with Crippen molar-refractivity contribution in [1.82, 2.24) is 4.57 Å². The first-order valence-electron chi connectivity index (χ1n) is 6.37. The summed E-state index contributed by atoms with van der Waals surface area (Å²) in [4.78, 5) is 23.6. The van der Waals surface area contributed by atoms with Crippen LogP contribution in [0.25, 0.3) is 0 Å². The smallest absolute Gasteiger partial charge is 0.337 e. The summed E-state index contributed by atoms with van der Waals surface area (Å²) < 4.78 is 7.14. The van der Waals surface area contributed by atoms with Gasteiger partial charge in [0.2, 0.25) is 0 Å². The fourth-order valence-corrected chi connectivity index (χ4v) is 2.96. The highest BCUT2D eigenvalue weighted by atomic mass is 16.5. The molecule has 2 atom stereocenters. The topological polar surface area (TPSA) is 68.5 Å². The molecule has 0 aliphatic carbocycles. The minimum absolute atomic E-state index is 0.117. The van der Waals surface area contributed by atoms with E-state index in [4.69, 9.17) is 4.74 Å². The maximum Gasteiger partial charge on any atom is 0.337 e. The Balaban J connectivity index is 2.74. The fourth-order valence-electron chi connectivity index (χ4n) is 2.96. The van der Waals surface area contributed by atoms with Gasteiger partial charge in [-0.3, -0.25) is 4.79 Å². The highest BCUT2D eigenvalue weighted by molar-refractivity contribution is 5.90. The van der Waals surface area contributed by atoms with E-state index in [0.717, 1.165) is 0 Å². The van der Waals surface area contributed by atoms with Crippen molar-refractivity contribution in [3.63, 3.8) is 0 Å². The van der Waals surface area contributed by atoms with E-state index in [9.17, 15) is 14.7 Å². The lowest BCUT2D eigenvalue weighted by molar-refractivity contribution is 0.0674. The van der Waals surface area contributed by atoms with E-state index in [1.807, 2.05) is 13.8 Å². The van der Waals surface area contributed by atoms with Gasteiger partial charge >= 0.3 is 5.97 Å². The van der Waals surface area contributed by atoms with E-state index >= 15 is 0 Å². The Kier molecular flexibility index (Phi) is 3.26. The van der Waals surface area contributed by atoms with Gasteiger partial charge in [0, 0.05) is 18.4 Å². The van der Waals surface area contributed by atoms with Crippen LogP contribution in [0.15, 0.2) is 10.9 Å². The summed E-state index contributed by atoms with van der Waals surface area (Å²) in [6, 6.07) is 1.40. The number of hydrogen-bond acceptors (Lipinski definition) is 3. The highest BCUT2D eigenvalue weighted by Gasteiger charge is 2.41. The molecule has 0 saturated carbocycles. The van der Waals surface area contributed by atoms with Crippen molar-refractivity contribution in [2.75, 3.05) is 6.61 Å². The molecule has 0 amide bonds. The molecule has 2 unspecified atom stereocenters. The Bertz CT molecular complexity index is 590. The second-order valence-corrected chi connectivity index (χ2v) is 5.39. The van der Waals surface area contributed by atoms with Crippen LogP contribution in [0.3, 0.4) is 0 Å². The molecule has 5 heteroatoms. The van der Waals surface area contributed by atoms with Crippen LogP contribution < -0.4 is 5.56 Å². The Morgan fingerprint density at radius 2 is 2.16 bits per heavy atom. The van der Waals surface area contributed by atoms with Gasteiger partial charge in [-0.25, -0.2) is 4.79 Å². The van der Waals surface area contributed by atoms with Crippen LogP contribution in [0.5, 0.6) is 0 Å². The second kappa shape index (κ2) is 4.49. The molecule has 2 rings (SSSR count). The first-order valence-corrected chi connectivity index (χ1v) is 6.37. The quantitative estimate of drug-likeness (QED) is 0.883. The summed E-state index contributed by atoms with van der Waals surface area (Å²) in [6.45, 7) is 7.78. The molecule has 1 aliphatic rings. The van der Waals surface area contributed by atoms with Gasteiger partial charge in [-0.15, -0.1) is 0 Å². The van der Waals surface area contributed by atoms with E-state index < -0.39 is 11.5 Å². The zero-order valence-corrected chi connectivity index (χ0v) is 11.7. The van der Waals surface area contributed by atoms with E-state index in [-0.39, 0.29) is 17.2 Å². The summed E-state index contributed by atoms with van der Waals surface area (Å²) in [6.07, 6.45) is 0.588. The first-order chi connectivity index (χ1) is 8.79. The number of carboxylic acid groups (broad SMARTS) is 1. The molecule has 5 nitrogen and oxygen atoms in total. The van der Waals surface area contributed by atoms with Crippen LogP contribution >= 0.6 is 0 Å². The summed E-state index contributed by atoms with van der Waals surface area (Å²) >= 11 is 0. The minimum atomic E-state index is -1.00. The number of aryl methyl sites for hydroxylation is 1. The van der Waals surface area contributed by atoms with E-state index in [1.165, 1.54) is 6.07 Å². The van der Waals surface area contributed by atoms with E-state index in [0.29, 0.717) is 24.3 Å². The van der Waals surface area contributed by atoms with Crippen molar-refractivity contribution >= 4 is 5.97 Å². The number of aromatic nitrogens is 1. The monoisotopic (exact) mass is 265 g/mol. The third-order valence-corrected chi connectivity index (χ3v) is 4.23. The third-order valence-electron chi connectivity index (χ3n) is 4.23. The van der Waals surface area contributed by atoms with Crippen LogP contribution in [0.2, 0.25) is 0 Å². The highest BCUT2D eigenvalue weighted by Crippen LogP contribution is 2.33. The molecule has 104 valence electrons. The number of carbonyl (C=O) groups is 1. The summed E-state index contributed by atoms with van der Waals surface area (Å²) in [5, 5.41) is 9.31. The molecule has 0 radical (unpaired) electrons. The van der Waals surface area contributed by atoms with Crippen LogP contribution in [-0.2, 0) is 10.3 Å². The van der Waals surface area contributed by atoms with Crippen molar-refractivity contribution in [3.8, 4) is 0 Å². The van der Waals surface area contributed by atoms with E-state index in [1.54, 1.807) is 18.4 Å². The molecule has 1 aromatic rings. The van der Waals surface area contributed by atoms with E-state index in [2.05, 4.69) is 0 Å². The van der Waals surface area contributed by atoms with Gasteiger partial charge in [0.25, 0.3) is 5.56 Å². The van der Waals surface area contributed by atoms with Crippen LogP contribution in [-0.4, -0.2) is 28.4 Å². The Morgan fingerprint density at radius 3 is 2.63 bits per heavy atom. The summed E-state index contributed by atoms with van der Waals surface area (Å²) in [5.74, 6) is -1.00. The van der Waals surface area contributed by atoms with Crippen molar-refractivity contribution in [2.45, 2.75) is 45.8 Å². The molecule has 1 saturated heterocycles. The molecule has 19 heavy (non-hydrogen) atoms. The molecule has 1 fully saturated rings. The number of carboxylic acids is 1. The fraction of sp³-hybridized carbons (Fsp3) is 0.571. The van der Waals surface area contributed by atoms with Crippen LogP contribution in [0.1, 0.15) is 41.9 Å². The zero-order valence-electron chi connectivity index (χ0n) is 11.7. The van der Waals surface area contributed by atoms with Crippen molar-refractivity contribution in [2.24, 2.45) is 0 Å². The van der Waals surface area contributed by atoms with Gasteiger partial charge in [-0.1, -0.05) is 0 Å². The number of pyridine rings is 1. The predicted molar refractivity (Wildman–Crippen MR) is 70.8 cm³/mol. The Hall–Kier alpha value is -1.62. The Labute approximate surface area is 111 Å². The number of rotatable bonds is 2. The van der Waals surface area contributed by atoms with Gasteiger partial charge < -0.3 is 14.4 Å². The van der Waals surface area contributed by atoms with Crippen molar-refractivity contribution < 1.29 is 14.6 Å². The van der Waals surface area contributed by atoms with Crippen LogP contribution in [0, 0.1) is 13.8 Å². The normalized spacial score (nSPS) is 26.6. The lowest BCUT2D eigenvalue weighted by Gasteiger charge is -2.32. The zero-order chi connectivity index (χ0) is 14.4. The minimum Gasteiger partial charge on any atom is -0.478 e. The van der Waals surface area contributed by atoms with Gasteiger partial charge in [-0.2, -0.15) is 0 Å². The number of nitrogens with zero attached hydrogens (tertiary/aromatic N) is 1. The summed E-state index contributed by atoms with van der Waals surface area (Å²) in [7, 11) is 0. The number of ether oxygens (including phenoxy) is 1. The molecule has 0 bridgehead atoms. The lowest BCUT2D eigenvalue weighted by Crippen LogP contribution is -2.45. The maximum atomic E-state index is 12.3. The standard InChI is InChI=1S/C14H19NO4/c1-8-7-11(16)15(9(2)12(8)13(17)18)14(4)5-6-19-10(14)3/h7,10H,5-6H2,1-4H3,(H,17,18). The van der Waals surface area contributed by atoms with Crippen LogP contribution in [0.4, 0.5) is 0 Å². The molecule has 1 aromatic heterocycles. The molecular weight excluding hydrogens is 246 g/mol. The SMILES string of the molecule is Cc1cc(=O)n(C2(C)CCOC2C)c(C)c1C(=O)O. The predicted octanol–water partition coefficient (Wildman–Crippen LogP) is 1.69. The van der Waals surface area contributed by atoms with Gasteiger partial charge in [0.1, 0.15) is 0 Å². The Morgan fingerprint density at radius 1 is 1.53 bits per heavy atom. The molecule has 1 aliphatic heterocycles. The average Bonchev–Trinajstić information content (AvgIpc) is 2.57. The summed E-state index contributed by atoms with van der Waals surface area (Å²) in [5.41, 5.74) is 0.553. The molecule has 2 heterocycles.